The Hall–Kier alpha value is -2.29. The quantitative estimate of drug-likeness (QED) is 0.836. The van der Waals surface area contributed by atoms with Gasteiger partial charge in [0.05, 0.1) is 7.11 Å². The smallest absolute Gasteiger partial charge is 0.332 e. The largest absolute Gasteiger partial charge is 0.467 e. The normalized spacial score (nSPS) is 11.6. The number of esters is 1. The Morgan fingerprint density at radius 1 is 1.00 bits per heavy atom. The van der Waals surface area contributed by atoms with Crippen molar-refractivity contribution in [3.05, 3.63) is 66.2 Å². The number of para-hydroxylation sites is 1. The molecule has 0 radical (unpaired) electrons. The first-order chi connectivity index (χ1) is 8.81. The van der Waals surface area contributed by atoms with Gasteiger partial charge < -0.3 is 10.1 Å². The van der Waals surface area contributed by atoms with Crippen molar-refractivity contribution in [3.8, 4) is 0 Å². The van der Waals surface area contributed by atoms with Crippen LogP contribution in [-0.4, -0.2) is 13.1 Å². The Bertz CT molecular complexity index is 496. The molecule has 0 bridgehead atoms. The molecule has 0 aromatic heterocycles. The van der Waals surface area contributed by atoms with Gasteiger partial charge in [0.15, 0.2) is 6.04 Å². The molecule has 0 amide bonds. The summed E-state index contributed by atoms with van der Waals surface area (Å²) in [6.45, 7) is 0. The SMILES string of the molecule is COC(=O)C(Nc1ccccc1)c1ccccc1. The minimum absolute atomic E-state index is 0.301. The van der Waals surface area contributed by atoms with Crippen LogP contribution in [0, 0.1) is 0 Å². The van der Waals surface area contributed by atoms with Gasteiger partial charge in [-0.25, -0.2) is 4.79 Å². The van der Waals surface area contributed by atoms with E-state index in [9.17, 15) is 4.79 Å². The molecule has 1 N–H and O–H groups in total. The third-order valence-corrected chi connectivity index (χ3v) is 2.65. The molecule has 92 valence electrons. The van der Waals surface area contributed by atoms with Crippen molar-refractivity contribution in [2.45, 2.75) is 6.04 Å². The summed E-state index contributed by atoms with van der Waals surface area (Å²) < 4.78 is 4.84. The fourth-order valence-corrected chi connectivity index (χ4v) is 1.74. The molecule has 0 aliphatic rings. The van der Waals surface area contributed by atoms with Crippen LogP contribution in [0.3, 0.4) is 0 Å². The number of carbonyl (C=O) groups is 1. The molecule has 1 unspecified atom stereocenters. The van der Waals surface area contributed by atoms with Crippen molar-refractivity contribution < 1.29 is 9.53 Å². The molecular weight excluding hydrogens is 226 g/mol. The Kier molecular flexibility index (Phi) is 3.97. The maximum absolute atomic E-state index is 11.8. The number of carbonyl (C=O) groups excluding carboxylic acids is 1. The molecule has 0 aliphatic heterocycles. The average Bonchev–Trinajstić information content (AvgIpc) is 2.46. The lowest BCUT2D eigenvalue weighted by molar-refractivity contribution is -0.141. The van der Waals surface area contributed by atoms with Crippen molar-refractivity contribution >= 4 is 11.7 Å². The number of hydrogen-bond acceptors (Lipinski definition) is 3. The highest BCUT2D eigenvalue weighted by Crippen LogP contribution is 2.20. The third-order valence-electron chi connectivity index (χ3n) is 2.65. The molecule has 0 aliphatic carbocycles. The van der Waals surface area contributed by atoms with Crippen LogP contribution >= 0.6 is 0 Å². The predicted molar refractivity (Wildman–Crippen MR) is 71.3 cm³/mol. The minimum Gasteiger partial charge on any atom is -0.467 e. The van der Waals surface area contributed by atoms with Gasteiger partial charge in [-0.2, -0.15) is 0 Å². The van der Waals surface area contributed by atoms with E-state index in [1.54, 1.807) is 0 Å². The number of ether oxygens (including phenoxy) is 1. The predicted octanol–water partition coefficient (Wildman–Crippen LogP) is 3.01. The van der Waals surface area contributed by atoms with Crippen LogP contribution in [-0.2, 0) is 9.53 Å². The van der Waals surface area contributed by atoms with Crippen LogP contribution < -0.4 is 5.32 Å². The summed E-state index contributed by atoms with van der Waals surface area (Å²) in [5, 5.41) is 3.17. The van der Waals surface area contributed by atoms with Gasteiger partial charge in [0.2, 0.25) is 0 Å². The molecule has 3 nitrogen and oxygen atoms in total. The monoisotopic (exact) mass is 241 g/mol. The van der Waals surface area contributed by atoms with E-state index in [0.717, 1.165) is 11.3 Å². The van der Waals surface area contributed by atoms with Crippen molar-refractivity contribution in [2.75, 3.05) is 12.4 Å². The third kappa shape index (κ3) is 2.88. The summed E-state index contributed by atoms with van der Waals surface area (Å²) in [7, 11) is 1.39. The maximum atomic E-state index is 11.8. The Balaban J connectivity index is 2.24. The van der Waals surface area contributed by atoms with E-state index in [1.165, 1.54) is 7.11 Å². The first-order valence-corrected chi connectivity index (χ1v) is 5.75. The van der Waals surface area contributed by atoms with Crippen LogP contribution in [0.15, 0.2) is 60.7 Å². The summed E-state index contributed by atoms with van der Waals surface area (Å²) in [4.78, 5) is 11.8. The molecule has 0 saturated carbocycles. The number of rotatable bonds is 4. The summed E-state index contributed by atoms with van der Waals surface area (Å²) in [5.41, 5.74) is 1.77. The lowest BCUT2D eigenvalue weighted by atomic mass is 10.1. The van der Waals surface area contributed by atoms with Gasteiger partial charge in [-0.3, -0.25) is 0 Å². The molecule has 0 heterocycles. The zero-order valence-corrected chi connectivity index (χ0v) is 10.2. The highest BCUT2D eigenvalue weighted by molar-refractivity contribution is 5.81. The number of methoxy groups -OCH3 is 1. The lowest BCUT2D eigenvalue weighted by Gasteiger charge is -2.17. The van der Waals surface area contributed by atoms with E-state index >= 15 is 0 Å². The second-order valence-corrected chi connectivity index (χ2v) is 3.88. The van der Waals surface area contributed by atoms with Crippen LogP contribution in [0.25, 0.3) is 0 Å². The Morgan fingerprint density at radius 2 is 1.56 bits per heavy atom. The number of anilines is 1. The number of benzene rings is 2. The van der Waals surface area contributed by atoms with Gasteiger partial charge in [-0.1, -0.05) is 48.5 Å². The summed E-state index contributed by atoms with van der Waals surface area (Å²) in [6.07, 6.45) is 0. The van der Waals surface area contributed by atoms with Gasteiger partial charge in [-0.05, 0) is 17.7 Å². The van der Waals surface area contributed by atoms with Gasteiger partial charge in [0, 0.05) is 5.69 Å². The molecule has 18 heavy (non-hydrogen) atoms. The molecule has 2 aromatic carbocycles. The highest BCUT2D eigenvalue weighted by atomic mass is 16.5. The maximum Gasteiger partial charge on any atom is 0.332 e. The summed E-state index contributed by atoms with van der Waals surface area (Å²) in [5.74, 6) is -0.301. The van der Waals surface area contributed by atoms with Gasteiger partial charge in [0.25, 0.3) is 0 Å². The van der Waals surface area contributed by atoms with Gasteiger partial charge in [0.1, 0.15) is 0 Å². The van der Waals surface area contributed by atoms with Crippen molar-refractivity contribution in [1.29, 1.82) is 0 Å². The number of nitrogens with one attached hydrogen (secondary N) is 1. The van der Waals surface area contributed by atoms with E-state index < -0.39 is 6.04 Å². The first kappa shape index (κ1) is 12.2. The first-order valence-electron chi connectivity index (χ1n) is 5.75. The van der Waals surface area contributed by atoms with Crippen LogP contribution in [0.2, 0.25) is 0 Å². The molecule has 0 fully saturated rings. The second kappa shape index (κ2) is 5.87. The van der Waals surface area contributed by atoms with E-state index in [4.69, 9.17) is 4.74 Å². The van der Waals surface area contributed by atoms with Crippen molar-refractivity contribution in [1.82, 2.24) is 0 Å². The van der Waals surface area contributed by atoms with Gasteiger partial charge in [-0.15, -0.1) is 0 Å². The zero-order valence-electron chi connectivity index (χ0n) is 10.2. The fraction of sp³-hybridized carbons (Fsp3) is 0.133. The van der Waals surface area contributed by atoms with E-state index in [-0.39, 0.29) is 5.97 Å². The second-order valence-electron chi connectivity index (χ2n) is 3.88. The topological polar surface area (TPSA) is 38.3 Å². The van der Waals surface area contributed by atoms with E-state index in [0.29, 0.717) is 0 Å². The van der Waals surface area contributed by atoms with E-state index in [1.807, 2.05) is 60.7 Å². The number of hydrogen-bond donors (Lipinski definition) is 1. The highest BCUT2D eigenvalue weighted by Gasteiger charge is 2.20. The van der Waals surface area contributed by atoms with Crippen LogP contribution in [0.4, 0.5) is 5.69 Å². The molecular formula is C15H15NO2. The van der Waals surface area contributed by atoms with E-state index in [2.05, 4.69) is 5.32 Å². The molecule has 2 rings (SSSR count). The molecule has 2 aromatic rings. The van der Waals surface area contributed by atoms with Crippen LogP contribution in [0.5, 0.6) is 0 Å². The van der Waals surface area contributed by atoms with Crippen molar-refractivity contribution in [3.63, 3.8) is 0 Å². The van der Waals surface area contributed by atoms with Gasteiger partial charge >= 0.3 is 5.97 Å². The lowest BCUT2D eigenvalue weighted by Crippen LogP contribution is -2.22. The summed E-state index contributed by atoms with van der Waals surface area (Å²) in [6, 6.07) is 18.6. The zero-order chi connectivity index (χ0) is 12.8. The molecule has 0 spiro atoms. The Morgan fingerprint density at radius 3 is 2.11 bits per heavy atom. The molecule has 3 heteroatoms. The fourth-order valence-electron chi connectivity index (χ4n) is 1.74. The molecule has 1 atom stereocenters. The van der Waals surface area contributed by atoms with Crippen LogP contribution in [0.1, 0.15) is 11.6 Å². The Labute approximate surface area is 106 Å². The standard InChI is InChI=1S/C15H15NO2/c1-18-15(17)14(12-8-4-2-5-9-12)16-13-10-6-3-7-11-13/h2-11,14,16H,1H3. The molecule has 0 saturated heterocycles. The average molecular weight is 241 g/mol. The van der Waals surface area contributed by atoms with Crippen molar-refractivity contribution in [2.24, 2.45) is 0 Å². The minimum atomic E-state index is -0.487. The summed E-state index contributed by atoms with van der Waals surface area (Å²) >= 11 is 0.